The number of hydrogen-bond acceptors (Lipinski definition) is 4. The predicted molar refractivity (Wildman–Crippen MR) is 73.9 cm³/mol. The molecule has 104 valence electrons. The maximum Gasteiger partial charge on any atom is 0.292 e. The number of carbonyl (C=O) groups is 1. The molecule has 1 unspecified atom stereocenters. The van der Waals surface area contributed by atoms with Crippen molar-refractivity contribution >= 4 is 17.3 Å². The smallest absolute Gasteiger partial charge is 0.292 e. The van der Waals surface area contributed by atoms with E-state index in [0.29, 0.717) is 0 Å². The fourth-order valence-corrected chi connectivity index (χ4v) is 1.34. The van der Waals surface area contributed by atoms with E-state index >= 15 is 0 Å². The van der Waals surface area contributed by atoms with Crippen molar-refractivity contribution in [2.24, 2.45) is 5.41 Å². The molecule has 0 aliphatic rings. The standard InChI is InChI=1S/C13H19N3O3/c1-8(13(2,3)4)15-12(17)9-5-6-10(14)11(7-9)16(18)19/h5-8H,14H2,1-4H3,(H,15,17). The highest BCUT2D eigenvalue weighted by atomic mass is 16.6. The summed E-state index contributed by atoms with van der Waals surface area (Å²) in [5.41, 5.74) is 5.43. The van der Waals surface area contributed by atoms with E-state index in [0.717, 1.165) is 0 Å². The molecule has 0 aliphatic carbocycles. The molecule has 0 radical (unpaired) electrons. The lowest BCUT2D eigenvalue weighted by Crippen LogP contribution is -2.41. The third kappa shape index (κ3) is 3.67. The summed E-state index contributed by atoms with van der Waals surface area (Å²) in [5, 5.41) is 13.6. The lowest BCUT2D eigenvalue weighted by Gasteiger charge is -2.28. The number of hydrogen-bond donors (Lipinski definition) is 2. The van der Waals surface area contributed by atoms with Crippen LogP contribution in [0.4, 0.5) is 11.4 Å². The fraction of sp³-hybridized carbons (Fsp3) is 0.462. The van der Waals surface area contributed by atoms with E-state index in [2.05, 4.69) is 5.32 Å². The van der Waals surface area contributed by atoms with Gasteiger partial charge in [0.25, 0.3) is 11.6 Å². The van der Waals surface area contributed by atoms with E-state index < -0.39 is 4.92 Å². The van der Waals surface area contributed by atoms with Crippen LogP contribution in [0.15, 0.2) is 18.2 Å². The van der Waals surface area contributed by atoms with Gasteiger partial charge in [-0.3, -0.25) is 14.9 Å². The number of amides is 1. The average molecular weight is 265 g/mol. The Morgan fingerprint density at radius 1 is 1.42 bits per heavy atom. The van der Waals surface area contributed by atoms with Gasteiger partial charge in [0, 0.05) is 17.7 Å². The Kier molecular flexibility index (Phi) is 4.14. The Labute approximate surface area is 112 Å². The van der Waals surface area contributed by atoms with E-state index in [9.17, 15) is 14.9 Å². The normalized spacial score (nSPS) is 12.8. The molecule has 0 fully saturated rings. The number of nitrogens with one attached hydrogen (secondary N) is 1. The molecule has 1 rings (SSSR count). The molecule has 0 aliphatic heterocycles. The summed E-state index contributed by atoms with van der Waals surface area (Å²) in [7, 11) is 0. The van der Waals surface area contributed by atoms with Crippen LogP contribution in [0.25, 0.3) is 0 Å². The van der Waals surface area contributed by atoms with Crippen molar-refractivity contribution in [3.63, 3.8) is 0 Å². The number of nitro groups is 1. The highest BCUT2D eigenvalue weighted by molar-refractivity contribution is 5.95. The minimum Gasteiger partial charge on any atom is -0.393 e. The third-order valence-electron chi connectivity index (χ3n) is 3.14. The van der Waals surface area contributed by atoms with Crippen molar-refractivity contribution in [1.82, 2.24) is 5.32 Å². The van der Waals surface area contributed by atoms with Crippen LogP contribution in [0.1, 0.15) is 38.1 Å². The highest BCUT2D eigenvalue weighted by Gasteiger charge is 2.23. The van der Waals surface area contributed by atoms with Gasteiger partial charge in [-0.2, -0.15) is 0 Å². The predicted octanol–water partition coefficient (Wildman–Crippen LogP) is 2.34. The Hall–Kier alpha value is -2.11. The van der Waals surface area contributed by atoms with Gasteiger partial charge in [-0.25, -0.2) is 0 Å². The topological polar surface area (TPSA) is 98.3 Å². The number of anilines is 1. The van der Waals surface area contributed by atoms with Crippen molar-refractivity contribution in [3.05, 3.63) is 33.9 Å². The quantitative estimate of drug-likeness (QED) is 0.498. The first-order chi connectivity index (χ1) is 8.62. The summed E-state index contributed by atoms with van der Waals surface area (Å²) >= 11 is 0. The van der Waals surface area contributed by atoms with Crippen molar-refractivity contribution in [2.75, 3.05) is 5.73 Å². The minimum absolute atomic E-state index is 0.0467. The second-order valence-electron chi connectivity index (χ2n) is 5.59. The van der Waals surface area contributed by atoms with Crippen molar-refractivity contribution in [3.8, 4) is 0 Å². The number of nitrogen functional groups attached to an aromatic ring is 1. The first-order valence-electron chi connectivity index (χ1n) is 5.97. The Bertz CT molecular complexity index is 506. The van der Waals surface area contributed by atoms with E-state index in [1.165, 1.54) is 18.2 Å². The van der Waals surface area contributed by atoms with E-state index in [-0.39, 0.29) is 34.3 Å². The van der Waals surface area contributed by atoms with E-state index in [1.54, 1.807) is 0 Å². The Morgan fingerprint density at radius 3 is 2.47 bits per heavy atom. The van der Waals surface area contributed by atoms with Gasteiger partial charge in [0.15, 0.2) is 0 Å². The number of rotatable bonds is 3. The van der Waals surface area contributed by atoms with Gasteiger partial charge < -0.3 is 11.1 Å². The van der Waals surface area contributed by atoms with Crippen LogP contribution in [0.5, 0.6) is 0 Å². The second kappa shape index (κ2) is 5.26. The van der Waals surface area contributed by atoms with E-state index in [4.69, 9.17) is 5.73 Å². The summed E-state index contributed by atoms with van der Waals surface area (Å²) in [6, 6.07) is 3.98. The third-order valence-corrected chi connectivity index (χ3v) is 3.14. The van der Waals surface area contributed by atoms with Gasteiger partial charge in [0.05, 0.1) is 4.92 Å². The summed E-state index contributed by atoms with van der Waals surface area (Å²) in [4.78, 5) is 22.2. The molecule has 3 N–H and O–H groups in total. The molecule has 19 heavy (non-hydrogen) atoms. The summed E-state index contributed by atoms with van der Waals surface area (Å²) in [5.74, 6) is -0.342. The SMILES string of the molecule is CC(NC(=O)c1ccc(N)c([N+](=O)[O-])c1)C(C)(C)C. The van der Waals surface area contributed by atoms with Gasteiger partial charge >= 0.3 is 0 Å². The lowest BCUT2D eigenvalue weighted by molar-refractivity contribution is -0.383. The molecule has 0 saturated carbocycles. The number of nitrogens with zero attached hydrogens (tertiary/aromatic N) is 1. The molecule has 6 nitrogen and oxygen atoms in total. The highest BCUT2D eigenvalue weighted by Crippen LogP contribution is 2.23. The molecule has 0 saturated heterocycles. The van der Waals surface area contributed by atoms with Crippen LogP contribution < -0.4 is 11.1 Å². The maximum absolute atomic E-state index is 12.0. The van der Waals surface area contributed by atoms with E-state index in [1.807, 2.05) is 27.7 Å². The molecule has 1 aromatic carbocycles. The van der Waals surface area contributed by atoms with Crippen molar-refractivity contribution in [2.45, 2.75) is 33.7 Å². The van der Waals surface area contributed by atoms with Crippen molar-refractivity contribution in [1.29, 1.82) is 0 Å². The van der Waals surface area contributed by atoms with Crippen LogP contribution in [0, 0.1) is 15.5 Å². The van der Waals surface area contributed by atoms with Crippen LogP contribution in [-0.2, 0) is 0 Å². The largest absolute Gasteiger partial charge is 0.393 e. The molecule has 1 atom stereocenters. The lowest BCUT2D eigenvalue weighted by atomic mass is 9.88. The van der Waals surface area contributed by atoms with Gasteiger partial charge in [0.2, 0.25) is 0 Å². The monoisotopic (exact) mass is 265 g/mol. The van der Waals surface area contributed by atoms with Crippen LogP contribution in [0.2, 0.25) is 0 Å². The van der Waals surface area contributed by atoms with Gasteiger partial charge in [-0.05, 0) is 24.5 Å². The summed E-state index contributed by atoms with van der Waals surface area (Å²) < 4.78 is 0. The zero-order valence-corrected chi connectivity index (χ0v) is 11.6. The first kappa shape index (κ1) is 14.9. The second-order valence-corrected chi connectivity index (χ2v) is 5.59. The summed E-state index contributed by atoms with van der Waals surface area (Å²) in [6.45, 7) is 7.90. The zero-order chi connectivity index (χ0) is 14.8. The minimum atomic E-state index is -0.598. The van der Waals surface area contributed by atoms with Crippen molar-refractivity contribution < 1.29 is 9.72 Å². The Balaban J connectivity index is 2.95. The molecular weight excluding hydrogens is 246 g/mol. The van der Waals surface area contributed by atoms with Crippen LogP contribution in [0.3, 0.4) is 0 Å². The molecule has 0 aromatic heterocycles. The number of benzene rings is 1. The summed E-state index contributed by atoms with van der Waals surface area (Å²) in [6.07, 6.45) is 0. The first-order valence-corrected chi connectivity index (χ1v) is 5.97. The molecular formula is C13H19N3O3. The molecule has 1 aromatic rings. The molecule has 0 bridgehead atoms. The Morgan fingerprint density at radius 2 is 2.00 bits per heavy atom. The molecule has 1 amide bonds. The fourth-order valence-electron chi connectivity index (χ4n) is 1.34. The maximum atomic E-state index is 12.0. The molecule has 0 heterocycles. The molecule has 0 spiro atoms. The molecule has 6 heteroatoms. The van der Waals surface area contributed by atoms with Crippen LogP contribution in [-0.4, -0.2) is 16.9 Å². The van der Waals surface area contributed by atoms with Gasteiger partial charge in [-0.15, -0.1) is 0 Å². The zero-order valence-electron chi connectivity index (χ0n) is 11.6. The number of nitrogens with two attached hydrogens (primary N) is 1. The van der Waals surface area contributed by atoms with Crippen LogP contribution >= 0.6 is 0 Å². The average Bonchev–Trinajstić information content (AvgIpc) is 2.27. The van der Waals surface area contributed by atoms with Gasteiger partial charge in [-0.1, -0.05) is 20.8 Å². The van der Waals surface area contributed by atoms with Gasteiger partial charge in [0.1, 0.15) is 5.69 Å². The number of nitro benzene ring substituents is 1. The number of carbonyl (C=O) groups excluding carboxylic acids is 1.